The van der Waals surface area contributed by atoms with Gasteiger partial charge in [0.25, 0.3) is 0 Å². The van der Waals surface area contributed by atoms with Crippen molar-refractivity contribution in [2.75, 3.05) is 29.4 Å². The average Bonchev–Trinajstić information content (AvgIpc) is 2.61. The van der Waals surface area contributed by atoms with Crippen LogP contribution in [0.2, 0.25) is 0 Å². The molecule has 0 bridgehead atoms. The smallest absolute Gasteiger partial charge is 0.241 e. The highest BCUT2D eigenvalue weighted by molar-refractivity contribution is 7.92. The summed E-state index contributed by atoms with van der Waals surface area (Å²) in [5.74, 6) is -1.63. The van der Waals surface area contributed by atoms with Crippen LogP contribution >= 0.6 is 0 Å². The Labute approximate surface area is 156 Å². The molecule has 0 aliphatic carbocycles. The number of aromatic nitrogens is 2. The van der Waals surface area contributed by atoms with Gasteiger partial charge in [0.05, 0.1) is 23.4 Å². The summed E-state index contributed by atoms with van der Waals surface area (Å²) in [7, 11) is -3.65. The zero-order valence-electron chi connectivity index (χ0n) is 14.7. The number of halogens is 1. The van der Waals surface area contributed by atoms with E-state index in [1.807, 2.05) is 0 Å². The summed E-state index contributed by atoms with van der Waals surface area (Å²) in [5, 5.41) is 3.16. The Morgan fingerprint density at radius 3 is 2.52 bits per heavy atom. The third kappa shape index (κ3) is 4.06. The van der Waals surface area contributed by atoms with Gasteiger partial charge in [-0.05, 0) is 38.1 Å². The lowest BCUT2D eigenvalue weighted by Crippen LogP contribution is -2.46. The minimum atomic E-state index is -3.65. The first kappa shape index (κ1) is 19.2. The number of nitrogen functional groups attached to an aromatic ring is 1. The Balaban J connectivity index is 1.97. The van der Waals surface area contributed by atoms with Gasteiger partial charge >= 0.3 is 0 Å². The third-order valence-corrected chi connectivity index (χ3v) is 5.54. The van der Waals surface area contributed by atoms with Gasteiger partial charge in [0.2, 0.25) is 21.8 Å². The summed E-state index contributed by atoms with van der Waals surface area (Å²) in [6, 6.07) is 5.21. The van der Waals surface area contributed by atoms with Gasteiger partial charge in [-0.25, -0.2) is 22.1 Å². The number of anilines is 2. The lowest BCUT2D eigenvalue weighted by atomic mass is 10.0. The minimum absolute atomic E-state index is 0.0809. The summed E-state index contributed by atoms with van der Waals surface area (Å²) in [6.07, 6.45) is 3.43. The number of sulfonamides is 1. The van der Waals surface area contributed by atoms with Crippen LogP contribution in [0.4, 0.5) is 16.2 Å². The Morgan fingerprint density at radius 1 is 1.26 bits per heavy atom. The molecule has 1 aliphatic rings. The van der Waals surface area contributed by atoms with E-state index in [-0.39, 0.29) is 28.9 Å². The van der Waals surface area contributed by atoms with Crippen LogP contribution in [0, 0.1) is 5.82 Å². The van der Waals surface area contributed by atoms with Gasteiger partial charge in [-0.15, -0.1) is 0 Å². The normalized spacial score (nSPS) is 15.5. The molecule has 10 heteroatoms. The molecular formula is C17H20FN5O3S. The van der Waals surface area contributed by atoms with Crippen molar-refractivity contribution in [3.63, 3.8) is 0 Å². The maximum absolute atomic E-state index is 13.9. The van der Waals surface area contributed by atoms with E-state index >= 15 is 0 Å². The molecule has 0 radical (unpaired) electrons. The Morgan fingerprint density at radius 2 is 1.93 bits per heavy atom. The van der Waals surface area contributed by atoms with E-state index in [2.05, 4.69) is 15.3 Å². The maximum Gasteiger partial charge on any atom is 0.241 e. The maximum atomic E-state index is 13.9. The number of rotatable bonds is 5. The fourth-order valence-corrected chi connectivity index (χ4v) is 4.22. The van der Waals surface area contributed by atoms with Crippen molar-refractivity contribution >= 4 is 27.6 Å². The molecule has 0 spiro atoms. The zero-order chi connectivity index (χ0) is 19.6. The average molecular weight is 393 g/mol. The molecule has 3 N–H and O–H groups in total. The van der Waals surface area contributed by atoms with E-state index in [1.165, 1.54) is 24.3 Å². The number of nitrogens with zero attached hydrogens (tertiary/aromatic N) is 3. The molecule has 1 saturated heterocycles. The van der Waals surface area contributed by atoms with Crippen molar-refractivity contribution in [2.45, 2.75) is 18.9 Å². The van der Waals surface area contributed by atoms with Gasteiger partial charge in [0.15, 0.2) is 0 Å². The molecule has 0 atom stereocenters. The number of ketones is 1. The number of carbonyl (C=O) groups is 1. The molecule has 2 aromatic rings. The van der Waals surface area contributed by atoms with Gasteiger partial charge in [-0.2, -0.15) is 4.98 Å². The predicted octanol–water partition coefficient (Wildman–Crippen LogP) is 0.947. The number of nitrogens with one attached hydrogen (secondary N) is 1. The van der Waals surface area contributed by atoms with E-state index in [4.69, 9.17) is 5.73 Å². The molecule has 3 rings (SSSR count). The van der Waals surface area contributed by atoms with Crippen molar-refractivity contribution in [2.24, 2.45) is 0 Å². The van der Waals surface area contributed by atoms with E-state index in [0.717, 1.165) is 16.8 Å². The van der Waals surface area contributed by atoms with Crippen LogP contribution in [0.3, 0.4) is 0 Å². The number of nitrogens with two attached hydrogens (primary N) is 1. The van der Waals surface area contributed by atoms with Crippen molar-refractivity contribution in [1.29, 1.82) is 0 Å². The molecule has 27 heavy (non-hydrogen) atoms. The van der Waals surface area contributed by atoms with Gasteiger partial charge in [-0.3, -0.25) is 4.79 Å². The predicted molar refractivity (Wildman–Crippen MR) is 99.5 cm³/mol. The van der Waals surface area contributed by atoms with Crippen LogP contribution < -0.4 is 15.4 Å². The summed E-state index contributed by atoms with van der Waals surface area (Å²) in [4.78, 5) is 20.6. The fourth-order valence-electron chi connectivity index (χ4n) is 3.08. The summed E-state index contributed by atoms with van der Waals surface area (Å²) >= 11 is 0. The lowest BCUT2D eigenvalue weighted by Gasteiger charge is -2.32. The van der Waals surface area contributed by atoms with E-state index < -0.39 is 21.6 Å². The first-order valence-corrected chi connectivity index (χ1v) is 10.3. The van der Waals surface area contributed by atoms with Crippen LogP contribution in [0.1, 0.15) is 28.8 Å². The second kappa shape index (κ2) is 7.57. The lowest BCUT2D eigenvalue weighted by molar-refractivity contribution is 0.103. The SMILES string of the molecule is CS(=O)(=O)N(c1ncc(C(=O)c2ccccc2F)c(N)n1)C1CCNCC1. The van der Waals surface area contributed by atoms with Gasteiger partial charge in [0, 0.05) is 6.20 Å². The van der Waals surface area contributed by atoms with E-state index in [9.17, 15) is 17.6 Å². The Hall–Kier alpha value is -2.59. The molecule has 0 unspecified atom stereocenters. The molecule has 0 amide bonds. The van der Waals surface area contributed by atoms with E-state index in [0.29, 0.717) is 25.9 Å². The topological polar surface area (TPSA) is 118 Å². The van der Waals surface area contributed by atoms with Crippen LogP contribution in [0.15, 0.2) is 30.5 Å². The number of carbonyl (C=O) groups excluding carboxylic acids is 1. The minimum Gasteiger partial charge on any atom is -0.383 e. The summed E-state index contributed by atoms with van der Waals surface area (Å²) in [5.41, 5.74) is 5.66. The molecular weight excluding hydrogens is 373 g/mol. The second-order valence-electron chi connectivity index (χ2n) is 6.32. The number of hydrogen-bond acceptors (Lipinski definition) is 7. The van der Waals surface area contributed by atoms with Crippen molar-refractivity contribution in [3.8, 4) is 0 Å². The molecule has 8 nitrogen and oxygen atoms in total. The van der Waals surface area contributed by atoms with Crippen LogP contribution in [0.5, 0.6) is 0 Å². The second-order valence-corrected chi connectivity index (χ2v) is 8.18. The van der Waals surface area contributed by atoms with Crippen LogP contribution in [-0.2, 0) is 10.0 Å². The molecule has 1 aromatic heterocycles. The fraction of sp³-hybridized carbons (Fsp3) is 0.353. The molecule has 144 valence electrons. The first-order chi connectivity index (χ1) is 12.8. The van der Waals surface area contributed by atoms with Crippen molar-refractivity contribution in [1.82, 2.24) is 15.3 Å². The van der Waals surface area contributed by atoms with Crippen molar-refractivity contribution < 1.29 is 17.6 Å². The number of benzene rings is 1. The monoisotopic (exact) mass is 393 g/mol. The zero-order valence-corrected chi connectivity index (χ0v) is 15.5. The molecule has 2 heterocycles. The van der Waals surface area contributed by atoms with E-state index in [1.54, 1.807) is 0 Å². The summed E-state index contributed by atoms with van der Waals surface area (Å²) in [6.45, 7) is 1.35. The Bertz CT molecular complexity index is 961. The molecule has 1 aliphatic heterocycles. The highest BCUT2D eigenvalue weighted by Gasteiger charge is 2.31. The van der Waals surface area contributed by atoms with Gasteiger partial charge in [-0.1, -0.05) is 12.1 Å². The van der Waals surface area contributed by atoms with Crippen LogP contribution in [-0.4, -0.2) is 49.6 Å². The van der Waals surface area contributed by atoms with Crippen molar-refractivity contribution in [3.05, 3.63) is 47.4 Å². The standard InChI is InChI=1S/C17H20FN5O3S/c1-27(25,26)23(11-6-8-20-9-7-11)17-21-10-13(16(19)22-17)15(24)12-4-2-3-5-14(12)18/h2-5,10-11,20H,6-9H2,1H3,(H2,19,21,22). The van der Waals surface area contributed by atoms with Crippen LogP contribution in [0.25, 0.3) is 0 Å². The largest absolute Gasteiger partial charge is 0.383 e. The van der Waals surface area contributed by atoms with Gasteiger partial charge < -0.3 is 11.1 Å². The highest BCUT2D eigenvalue weighted by atomic mass is 32.2. The number of hydrogen-bond donors (Lipinski definition) is 2. The van der Waals surface area contributed by atoms with Gasteiger partial charge in [0.1, 0.15) is 11.6 Å². The highest BCUT2D eigenvalue weighted by Crippen LogP contribution is 2.24. The molecule has 0 saturated carbocycles. The molecule has 1 fully saturated rings. The molecule has 1 aromatic carbocycles. The number of piperidine rings is 1. The quantitative estimate of drug-likeness (QED) is 0.726. The summed E-state index contributed by atoms with van der Waals surface area (Å²) < 4.78 is 39.6. The Kier molecular flexibility index (Phi) is 5.38. The first-order valence-electron chi connectivity index (χ1n) is 8.41. The third-order valence-electron chi connectivity index (χ3n) is 4.36.